The fourth-order valence-electron chi connectivity index (χ4n) is 4.85. The molecule has 7 nitrogen and oxygen atoms in total. The van der Waals surface area contributed by atoms with Crippen molar-refractivity contribution in [1.29, 1.82) is 0 Å². The Kier molecular flexibility index (Phi) is 5.71. The van der Waals surface area contributed by atoms with Gasteiger partial charge in [-0.05, 0) is 39.5 Å². The Bertz CT molecular complexity index is 724. The number of allylic oxidation sites excluding steroid dienone is 1. The molecule has 2 saturated heterocycles. The first-order chi connectivity index (χ1) is 13.2. The van der Waals surface area contributed by atoms with E-state index < -0.39 is 36.0 Å². The standard InChI is InChI=1S/C21H30O7/c1-7-10(2)17(22)27-16(15-11(3)18(23)28-19(15)24)21(5)12(4)14-9-8-13(21)20(25-6)26-14/h7,12-14,16,18,20,23H,8-9H2,1-6H3/b10-7-/t12-,13-,14-,16+,18-,20-,21+/m0/s1. The van der Waals surface area contributed by atoms with E-state index in [2.05, 4.69) is 6.92 Å². The molecule has 0 aromatic heterocycles. The Balaban J connectivity index is 2.10. The van der Waals surface area contributed by atoms with Gasteiger partial charge in [-0.25, -0.2) is 9.59 Å². The summed E-state index contributed by atoms with van der Waals surface area (Å²) in [5, 5.41) is 10.1. The topological polar surface area (TPSA) is 91.3 Å². The van der Waals surface area contributed by atoms with Crippen LogP contribution in [-0.4, -0.2) is 48.9 Å². The van der Waals surface area contributed by atoms with Gasteiger partial charge in [-0.2, -0.15) is 0 Å². The predicted octanol–water partition coefficient (Wildman–Crippen LogP) is 2.48. The van der Waals surface area contributed by atoms with Crippen LogP contribution in [0.5, 0.6) is 0 Å². The van der Waals surface area contributed by atoms with Gasteiger partial charge in [0.1, 0.15) is 6.10 Å². The highest BCUT2D eigenvalue weighted by atomic mass is 16.7. The van der Waals surface area contributed by atoms with Crippen LogP contribution in [0.25, 0.3) is 0 Å². The Morgan fingerprint density at radius 3 is 2.61 bits per heavy atom. The molecule has 28 heavy (non-hydrogen) atoms. The molecule has 3 heterocycles. The van der Waals surface area contributed by atoms with Gasteiger partial charge in [-0.3, -0.25) is 0 Å². The number of carbonyl (C=O) groups excluding carboxylic acids is 2. The number of cyclic esters (lactones) is 1. The number of carbonyl (C=O) groups is 2. The van der Waals surface area contributed by atoms with Crippen molar-refractivity contribution in [3.8, 4) is 0 Å². The van der Waals surface area contributed by atoms with Gasteiger partial charge < -0.3 is 24.1 Å². The lowest BCUT2D eigenvalue weighted by Crippen LogP contribution is -2.63. The number of aliphatic hydroxyl groups is 1. The first kappa shape index (κ1) is 21.0. The van der Waals surface area contributed by atoms with Gasteiger partial charge in [0, 0.05) is 29.6 Å². The lowest BCUT2D eigenvalue weighted by molar-refractivity contribution is -0.308. The average Bonchev–Trinajstić information content (AvgIpc) is 2.94. The first-order valence-electron chi connectivity index (χ1n) is 9.78. The van der Waals surface area contributed by atoms with E-state index in [0.29, 0.717) is 11.1 Å². The van der Waals surface area contributed by atoms with Gasteiger partial charge in [0.15, 0.2) is 6.29 Å². The van der Waals surface area contributed by atoms with Crippen molar-refractivity contribution in [2.75, 3.05) is 7.11 Å². The normalized spacial score (nSPS) is 39.2. The van der Waals surface area contributed by atoms with E-state index in [4.69, 9.17) is 18.9 Å². The van der Waals surface area contributed by atoms with E-state index in [0.717, 1.165) is 12.8 Å². The van der Waals surface area contributed by atoms with Crippen LogP contribution in [0.1, 0.15) is 47.5 Å². The number of rotatable bonds is 5. The summed E-state index contributed by atoms with van der Waals surface area (Å²) in [5.41, 5.74) is 0.435. The van der Waals surface area contributed by atoms with Gasteiger partial charge in [-0.15, -0.1) is 0 Å². The van der Waals surface area contributed by atoms with Gasteiger partial charge in [-0.1, -0.05) is 19.9 Å². The summed E-state index contributed by atoms with van der Waals surface area (Å²) in [7, 11) is 1.60. The van der Waals surface area contributed by atoms with Crippen LogP contribution in [0, 0.1) is 17.3 Å². The minimum absolute atomic E-state index is 0.00667. The number of ether oxygens (including phenoxy) is 4. The highest BCUT2D eigenvalue weighted by Crippen LogP contribution is 2.57. The molecular formula is C21H30O7. The summed E-state index contributed by atoms with van der Waals surface area (Å²) < 4.78 is 22.6. The van der Waals surface area contributed by atoms with Crippen LogP contribution in [0.4, 0.5) is 0 Å². The van der Waals surface area contributed by atoms with E-state index in [-0.39, 0.29) is 23.5 Å². The Hall–Kier alpha value is -1.70. The third-order valence-electron chi connectivity index (χ3n) is 7.01. The van der Waals surface area contributed by atoms with Crippen LogP contribution in [-0.2, 0) is 28.5 Å². The SMILES string of the molecule is C/C=C(/C)C(=O)O[C@H](C1=C(C)[C@@H](O)OC1=O)[C@]1(C)[C@@H](C)[C@@H]2CC[C@H]1[C@@H](OC)O2. The summed E-state index contributed by atoms with van der Waals surface area (Å²) >= 11 is 0. The number of methoxy groups -OCH3 is 1. The molecule has 3 aliphatic heterocycles. The number of aliphatic hydroxyl groups excluding tert-OH is 1. The smallest absolute Gasteiger partial charge is 0.340 e. The fraction of sp³-hybridized carbons (Fsp3) is 0.714. The zero-order chi connectivity index (χ0) is 20.8. The molecule has 0 spiro atoms. The first-order valence-corrected chi connectivity index (χ1v) is 9.78. The quantitative estimate of drug-likeness (QED) is 0.566. The second-order valence-electron chi connectivity index (χ2n) is 8.23. The van der Waals surface area contributed by atoms with Crippen LogP contribution < -0.4 is 0 Å². The molecule has 0 aromatic rings. The maximum Gasteiger partial charge on any atom is 0.340 e. The molecule has 1 aliphatic carbocycles. The van der Waals surface area contributed by atoms with E-state index >= 15 is 0 Å². The van der Waals surface area contributed by atoms with E-state index in [9.17, 15) is 14.7 Å². The molecule has 1 saturated carbocycles. The second-order valence-corrected chi connectivity index (χ2v) is 8.23. The van der Waals surface area contributed by atoms with Gasteiger partial charge >= 0.3 is 11.9 Å². The van der Waals surface area contributed by atoms with Gasteiger partial charge in [0.2, 0.25) is 6.29 Å². The molecule has 2 bridgehead atoms. The maximum atomic E-state index is 12.7. The van der Waals surface area contributed by atoms with E-state index in [1.807, 2.05) is 6.92 Å². The molecule has 3 fully saturated rings. The van der Waals surface area contributed by atoms with Crippen LogP contribution in [0.15, 0.2) is 22.8 Å². The molecule has 0 aromatic carbocycles. The van der Waals surface area contributed by atoms with E-state index in [1.54, 1.807) is 34.0 Å². The molecule has 0 radical (unpaired) electrons. The van der Waals surface area contributed by atoms with Crippen LogP contribution in [0.2, 0.25) is 0 Å². The zero-order valence-electron chi connectivity index (χ0n) is 17.4. The summed E-state index contributed by atoms with van der Waals surface area (Å²) in [6.45, 7) is 9.13. The molecule has 7 heteroatoms. The zero-order valence-corrected chi connectivity index (χ0v) is 17.4. The molecule has 1 N–H and O–H groups in total. The van der Waals surface area contributed by atoms with Crippen LogP contribution >= 0.6 is 0 Å². The second kappa shape index (κ2) is 7.61. The lowest BCUT2D eigenvalue weighted by atomic mass is 9.54. The largest absolute Gasteiger partial charge is 0.453 e. The van der Waals surface area contributed by atoms with Crippen molar-refractivity contribution in [2.45, 2.75) is 72.2 Å². The van der Waals surface area contributed by atoms with Gasteiger partial charge in [0.05, 0.1) is 11.7 Å². The highest BCUT2D eigenvalue weighted by Gasteiger charge is 2.62. The van der Waals surface area contributed by atoms with E-state index in [1.165, 1.54) is 0 Å². The number of esters is 2. The van der Waals surface area contributed by atoms with Crippen molar-refractivity contribution in [2.24, 2.45) is 17.3 Å². The lowest BCUT2D eigenvalue weighted by Gasteiger charge is -2.59. The Labute approximate surface area is 165 Å². The van der Waals surface area contributed by atoms with Crippen molar-refractivity contribution in [3.05, 3.63) is 22.8 Å². The van der Waals surface area contributed by atoms with Crippen molar-refractivity contribution < 1.29 is 33.6 Å². The number of hydrogen-bond donors (Lipinski definition) is 1. The molecule has 156 valence electrons. The average molecular weight is 394 g/mol. The highest BCUT2D eigenvalue weighted by molar-refractivity contribution is 5.95. The van der Waals surface area contributed by atoms with Crippen LogP contribution in [0.3, 0.4) is 0 Å². The predicted molar refractivity (Wildman–Crippen MR) is 99.8 cm³/mol. The minimum Gasteiger partial charge on any atom is -0.453 e. The minimum atomic E-state index is -1.32. The Morgan fingerprint density at radius 1 is 1.39 bits per heavy atom. The molecule has 4 aliphatic rings. The Morgan fingerprint density at radius 2 is 2.07 bits per heavy atom. The maximum absolute atomic E-state index is 12.7. The monoisotopic (exact) mass is 394 g/mol. The van der Waals surface area contributed by atoms with Crippen molar-refractivity contribution in [3.63, 3.8) is 0 Å². The van der Waals surface area contributed by atoms with Crippen molar-refractivity contribution >= 4 is 11.9 Å². The summed E-state index contributed by atoms with van der Waals surface area (Å²) in [4.78, 5) is 25.3. The molecule has 0 unspecified atom stereocenters. The molecule has 0 amide bonds. The molecule has 7 atom stereocenters. The molecule has 4 rings (SSSR count). The summed E-state index contributed by atoms with van der Waals surface area (Å²) in [5.74, 6) is -1.21. The number of hydrogen-bond acceptors (Lipinski definition) is 7. The molecular weight excluding hydrogens is 364 g/mol. The third-order valence-corrected chi connectivity index (χ3v) is 7.01. The third kappa shape index (κ3) is 3.09. The number of fused-ring (bicyclic) bond motifs is 3. The van der Waals surface area contributed by atoms with Crippen molar-refractivity contribution in [1.82, 2.24) is 0 Å². The summed E-state index contributed by atoms with van der Waals surface area (Å²) in [6.07, 6.45) is 0.706. The summed E-state index contributed by atoms with van der Waals surface area (Å²) in [6, 6.07) is 0. The van der Waals surface area contributed by atoms with Gasteiger partial charge in [0.25, 0.3) is 0 Å². The fourth-order valence-corrected chi connectivity index (χ4v) is 4.85.